The molecule has 0 radical (unpaired) electrons. The molecule has 0 bridgehead atoms. The highest BCUT2D eigenvalue weighted by molar-refractivity contribution is 5.98. The number of aromatic carboxylic acids is 1. The first-order valence-corrected chi connectivity index (χ1v) is 16.2. The molecular formula is C35H44N2O7. The average molecular weight is 605 g/mol. The first kappa shape index (κ1) is 30.4. The van der Waals surface area contributed by atoms with Gasteiger partial charge in [-0.2, -0.15) is 0 Å². The van der Waals surface area contributed by atoms with Crippen LogP contribution in [0.5, 0.6) is 5.75 Å². The predicted molar refractivity (Wildman–Crippen MR) is 164 cm³/mol. The number of carboxylic acid groups (broad SMARTS) is 1. The number of aromatic nitrogens is 1. The lowest BCUT2D eigenvalue weighted by Crippen LogP contribution is -2.51. The van der Waals surface area contributed by atoms with Crippen LogP contribution in [0.25, 0.3) is 10.9 Å². The van der Waals surface area contributed by atoms with Gasteiger partial charge in [0.2, 0.25) is 5.91 Å². The quantitative estimate of drug-likeness (QED) is 0.310. The topological polar surface area (TPSA) is 135 Å². The number of ketones is 1. The number of carbonyl (C=O) groups excluding carboxylic acids is 3. The molecule has 236 valence electrons. The molecule has 0 aliphatic heterocycles. The number of benzene rings is 1. The number of methoxy groups -OCH3 is 1. The van der Waals surface area contributed by atoms with Crippen molar-refractivity contribution in [3.63, 3.8) is 0 Å². The first-order valence-electron chi connectivity index (χ1n) is 16.2. The third kappa shape index (κ3) is 5.32. The van der Waals surface area contributed by atoms with E-state index in [2.05, 4.69) is 24.1 Å². The van der Waals surface area contributed by atoms with Gasteiger partial charge in [-0.1, -0.05) is 19.4 Å². The van der Waals surface area contributed by atoms with Crippen LogP contribution in [0.2, 0.25) is 0 Å². The van der Waals surface area contributed by atoms with E-state index in [-0.39, 0.29) is 59.7 Å². The molecule has 0 spiro atoms. The number of fused-ring (bicyclic) bond motifs is 6. The van der Waals surface area contributed by atoms with Crippen molar-refractivity contribution in [1.29, 1.82) is 0 Å². The molecule has 6 rings (SSSR count). The zero-order chi connectivity index (χ0) is 31.2. The van der Waals surface area contributed by atoms with Crippen molar-refractivity contribution in [3.05, 3.63) is 41.1 Å². The molecule has 6 atom stereocenters. The minimum Gasteiger partial charge on any atom is -0.497 e. The van der Waals surface area contributed by atoms with Crippen LogP contribution in [-0.4, -0.2) is 53.5 Å². The van der Waals surface area contributed by atoms with Crippen molar-refractivity contribution in [2.75, 3.05) is 13.7 Å². The lowest BCUT2D eigenvalue weighted by molar-refractivity contribution is -0.160. The van der Waals surface area contributed by atoms with Crippen LogP contribution in [0, 0.1) is 28.6 Å². The third-order valence-corrected chi connectivity index (χ3v) is 11.7. The van der Waals surface area contributed by atoms with Gasteiger partial charge in [0, 0.05) is 35.7 Å². The SMILES string of the molecule is COc1ccc2[nH]c(C(=O)O)c(CCNC(=O)CCC(=O)O[C@@H]3CC[C@@H]4[C@H]5CCC6=CC(=O)CC[C@]6(C)[C@@H]5CC[C@@]43C)c2c1. The van der Waals surface area contributed by atoms with E-state index >= 15 is 0 Å². The molecular weight excluding hydrogens is 560 g/mol. The maximum Gasteiger partial charge on any atom is 0.352 e. The highest BCUT2D eigenvalue weighted by atomic mass is 16.5. The summed E-state index contributed by atoms with van der Waals surface area (Å²) in [4.78, 5) is 52.4. The summed E-state index contributed by atoms with van der Waals surface area (Å²) in [5, 5.41) is 13.2. The molecule has 9 nitrogen and oxygen atoms in total. The molecule has 9 heteroatoms. The first-order chi connectivity index (χ1) is 21.0. The standard InChI is InChI=1S/C35H44N2O7/c1-34-15-12-21(38)18-20(34)4-6-24-26-7-9-29(35(26,2)16-13-27(24)34)44-31(40)11-10-30(39)36-17-14-23-25-19-22(43-3)5-8-28(25)37-32(23)33(41)42/h5,8,18-19,24,26-27,29,37H,4,6-7,9-17H2,1-3H3,(H,36,39)(H,41,42)/t24-,26-,27-,29-,34+,35+/m1/s1. The fourth-order valence-electron chi connectivity index (χ4n) is 9.35. The minimum atomic E-state index is -1.06. The summed E-state index contributed by atoms with van der Waals surface area (Å²) in [6.45, 7) is 4.92. The number of rotatable bonds is 9. The molecule has 44 heavy (non-hydrogen) atoms. The van der Waals surface area contributed by atoms with Crippen LogP contribution in [0.4, 0.5) is 0 Å². The Balaban J connectivity index is 1.01. The second-order valence-electron chi connectivity index (χ2n) is 13.9. The van der Waals surface area contributed by atoms with Gasteiger partial charge in [-0.3, -0.25) is 14.4 Å². The summed E-state index contributed by atoms with van der Waals surface area (Å²) < 4.78 is 11.4. The number of amides is 1. The van der Waals surface area contributed by atoms with Crippen molar-refractivity contribution >= 4 is 34.5 Å². The molecule has 0 saturated heterocycles. The highest BCUT2D eigenvalue weighted by Crippen LogP contribution is 2.65. The van der Waals surface area contributed by atoms with Gasteiger partial charge in [0.25, 0.3) is 0 Å². The van der Waals surface area contributed by atoms with E-state index < -0.39 is 5.97 Å². The molecule has 4 aliphatic carbocycles. The van der Waals surface area contributed by atoms with Crippen LogP contribution in [0.3, 0.4) is 0 Å². The second-order valence-corrected chi connectivity index (χ2v) is 13.9. The molecule has 1 amide bonds. The number of carbonyl (C=O) groups is 4. The van der Waals surface area contributed by atoms with E-state index in [1.54, 1.807) is 25.3 Å². The van der Waals surface area contributed by atoms with Gasteiger partial charge >= 0.3 is 11.9 Å². The molecule has 1 heterocycles. The van der Waals surface area contributed by atoms with Crippen LogP contribution in [0.15, 0.2) is 29.8 Å². The summed E-state index contributed by atoms with van der Waals surface area (Å²) in [6.07, 6.45) is 9.94. The Labute approximate surface area is 258 Å². The fraction of sp³-hybridized carbons (Fsp3) is 0.600. The smallest absolute Gasteiger partial charge is 0.352 e. The molecule has 2 aromatic rings. The van der Waals surface area contributed by atoms with E-state index in [0.29, 0.717) is 47.4 Å². The maximum atomic E-state index is 12.9. The Kier molecular flexibility index (Phi) is 8.09. The van der Waals surface area contributed by atoms with Gasteiger partial charge in [-0.15, -0.1) is 0 Å². The summed E-state index contributed by atoms with van der Waals surface area (Å²) in [5.41, 5.74) is 2.81. The Morgan fingerprint density at radius 2 is 1.86 bits per heavy atom. The predicted octanol–water partition coefficient (Wildman–Crippen LogP) is 5.76. The number of hydrogen-bond donors (Lipinski definition) is 3. The van der Waals surface area contributed by atoms with Gasteiger partial charge in [0.05, 0.1) is 13.5 Å². The van der Waals surface area contributed by atoms with Crippen LogP contribution < -0.4 is 10.1 Å². The summed E-state index contributed by atoms with van der Waals surface area (Å²) >= 11 is 0. The Morgan fingerprint density at radius 1 is 1.05 bits per heavy atom. The molecule has 1 aromatic carbocycles. The second kappa shape index (κ2) is 11.7. The minimum absolute atomic E-state index is 0.0139. The van der Waals surface area contributed by atoms with E-state index in [9.17, 15) is 24.3 Å². The van der Waals surface area contributed by atoms with Crippen molar-refractivity contribution in [3.8, 4) is 5.75 Å². The molecule has 3 saturated carbocycles. The van der Waals surface area contributed by atoms with Crippen molar-refractivity contribution < 1.29 is 33.8 Å². The zero-order valence-electron chi connectivity index (χ0n) is 26.0. The molecule has 3 fully saturated rings. The Hall–Kier alpha value is -3.62. The summed E-state index contributed by atoms with van der Waals surface area (Å²) in [6, 6.07) is 5.32. The third-order valence-electron chi connectivity index (χ3n) is 11.7. The Morgan fingerprint density at radius 3 is 2.64 bits per heavy atom. The van der Waals surface area contributed by atoms with Gasteiger partial charge in [0.1, 0.15) is 17.5 Å². The summed E-state index contributed by atoms with van der Waals surface area (Å²) in [7, 11) is 1.55. The lowest BCUT2D eigenvalue weighted by atomic mass is 9.47. The number of esters is 1. The monoisotopic (exact) mass is 604 g/mol. The number of ether oxygens (including phenoxy) is 2. The van der Waals surface area contributed by atoms with Gasteiger partial charge in [0.15, 0.2) is 5.78 Å². The van der Waals surface area contributed by atoms with E-state index in [4.69, 9.17) is 9.47 Å². The Bertz CT molecular complexity index is 1520. The number of allylic oxidation sites excluding steroid dienone is 1. The van der Waals surface area contributed by atoms with Gasteiger partial charge < -0.3 is 24.9 Å². The highest BCUT2D eigenvalue weighted by Gasteiger charge is 2.60. The molecule has 4 aliphatic rings. The van der Waals surface area contributed by atoms with E-state index in [0.717, 1.165) is 50.3 Å². The van der Waals surface area contributed by atoms with Gasteiger partial charge in [-0.05, 0) is 104 Å². The number of carboxylic acids is 1. The number of hydrogen-bond acceptors (Lipinski definition) is 6. The molecule has 0 unspecified atom stereocenters. The van der Waals surface area contributed by atoms with E-state index in [1.165, 1.54) is 5.57 Å². The largest absolute Gasteiger partial charge is 0.497 e. The number of nitrogens with one attached hydrogen (secondary N) is 2. The zero-order valence-corrected chi connectivity index (χ0v) is 26.0. The van der Waals surface area contributed by atoms with E-state index in [1.807, 2.05) is 6.08 Å². The average Bonchev–Trinajstić information content (AvgIpc) is 3.53. The van der Waals surface area contributed by atoms with Crippen molar-refractivity contribution in [2.45, 2.75) is 90.6 Å². The fourth-order valence-corrected chi connectivity index (χ4v) is 9.35. The normalized spacial score (nSPS) is 31.0. The lowest BCUT2D eigenvalue weighted by Gasteiger charge is -2.57. The van der Waals surface area contributed by atoms with Crippen LogP contribution in [-0.2, 0) is 25.5 Å². The maximum absolute atomic E-state index is 12.9. The van der Waals surface area contributed by atoms with Crippen molar-refractivity contribution in [1.82, 2.24) is 10.3 Å². The van der Waals surface area contributed by atoms with Crippen LogP contribution in [0.1, 0.15) is 94.1 Å². The van der Waals surface area contributed by atoms with Crippen molar-refractivity contribution in [2.24, 2.45) is 28.6 Å². The molecule has 1 aromatic heterocycles. The van der Waals surface area contributed by atoms with Gasteiger partial charge in [-0.25, -0.2) is 4.79 Å². The van der Waals surface area contributed by atoms with Crippen LogP contribution >= 0.6 is 0 Å². The number of aromatic amines is 1. The molecule has 3 N–H and O–H groups in total. The number of H-pyrrole nitrogens is 1. The summed E-state index contributed by atoms with van der Waals surface area (Å²) in [5.74, 6) is 0.928.